The number of carbonyl (C=O) groups excluding carboxylic acids is 1. The van der Waals surface area contributed by atoms with E-state index in [0.29, 0.717) is 5.56 Å². The second kappa shape index (κ2) is 5.86. The van der Waals surface area contributed by atoms with Crippen molar-refractivity contribution in [2.24, 2.45) is 0 Å². The van der Waals surface area contributed by atoms with Crippen molar-refractivity contribution in [3.05, 3.63) is 78.1 Å². The SMILES string of the molecule is O=C(Nc1ccccc1-c1cn2ccsc2n1)c1c[nH]c2ccccc12. The van der Waals surface area contributed by atoms with E-state index in [-0.39, 0.29) is 5.91 Å². The number of nitrogens with zero attached hydrogens (tertiary/aromatic N) is 2. The molecule has 0 aliphatic heterocycles. The van der Waals surface area contributed by atoms with E-state index in [4.69, 9.17) is 0 Å². The minimum absolute atomic E-state index is 0.143. The summed E-state index contributed by atoms with van der Waals surface area (Å²) in [5, 5.41) is 5.94. The van der Waals surface area contributed by atoms with Gasteiger partial charge in [0.1, 0.15) is 0 Å². The van der Waals surface area contributed by atoms with Crippen LogP contribution in [0, 0.1) is 0 Å². The molecule has 0 radical (unpaired) electrons. The zero-order chi connectivity index (χ0) is 17.5. The van der Waals surface area contributed by atoms with Crippen LogP contribution in [0.3, 0.4) is 0 Å². The number of rotatable bonds is 3. The van der Waals surface area contributed by atoms with E-state index in [2.05, 4.69) is 15.3 Å². The summed E-state index contributed by atoms with van der Waals surface area (Å²) in [5.74, 6) is -0.143. The molecule has 126 valence electrons. The van der Waals surface area contributed by atoms with Crippen molar-refractivity contribution < 1.29 is 4.79 Å². The van der Waals surface area contributed by atoms with Crippen LogP contribution in [-0.4, -0.2) is 20.3 Å². The van der Waals surface area contributed by atoms with Gasteiger partial charge in [-0.25, -0.2) is 4.98 Å². The Bertz CT molecular complexity index is 1220. The third kappa shape index (κ3) is 2.39. The summed E-state index contributed by atoms with van der Waals surface area (Å²) in [6, 6.07) is 15.5. The predicted molar refractivity (Wildman–Crippen MR) is 105 cm³/mol. The van der Waals surface area contributed by atoms with Gasteiger partial charge in [-0.3, -0.25) is 9.20 Å². The number of nitrogens with one attached hydrogen (secondary N) is 2. The van der Waals surface area contributed by atoms with Crippen molar-refractivity contribution >= 4 is 38.8 Å². The molecule has 3 aromatic heterocycles. The van der Waals surface area contributed by atoms with Gasteiger partial charge >= 0.3 is 0 Å². The number of aromatic amines is 1. The highest BCUT2D eigenvalue weighted by molar-refractivity contribution is 7.15. The molecule has 1 amide bonds. The smallest absolute Gasteiger partial charge is 0.257 e. The van der Waals surface area contributed by atoms with Crippen LogP contribution in [0.1, 0.15) is 10.4 Å². The molecule has 0 aliphatic rings. The fourth-order valence-electron chi connectivity index (χ4n) is 3.12. The van der Waals surface area contributed by atoms with Crippen LogP contribution in [0.4, 0.5) is 5.69 Å². The van der Waals surface area contributed by atoms with Crippen LogP contribution in [0.25, 0.3) is 27.1 Å². The number of hydrogen-bond donors (Lipinski definition) is 2. The van der Waals surface area contributed by atoms with Crippen molar-refractivity contribution in [1.29, 1.82) is 0 Å². The van der Waals surface area contributed by atoms with Crippen molar-refractivity contribution in [3.63, 3.8) is 0 Å². The number of thiazole rings is 1. The summed E-state index contributed by atoms with van der Waals surface area (Å²) in [7, 11) is 0. The maximum atomic E-state index is 12.8. The number of H-pyrrole nitrogens is 1. The number of amides is 1. The van der Waals surface area contributed by atoms with E-state index in [0.717, 1.165) is 32.8 Å². The van der Waals surface area contributed by atoms with Gasteiger partial charge in [0.15, 0.2) is 4.96 Å². The van der Waals surface area contributed by atoms with Gasteiger partial charge in [0, 0.05) is 40.4 Å². The van der Waals surface area contributed by atoms with E-state index in [9.17, 15) is 4.79 Å². The molecular formula is C20H14N4OS. The maximum Gasteiger partial charge on any atom is 0.257 e. The standard InChI is InChI=1S/C20H14N4OS/c25-19(15-11-21-16-7-3-1-5-13(15)16)22-17-8-4-2-6-14(17)18-12-24-9-10-26-20(24)23-18/h1-12,21H,(H,22,25). The lowest BCUT2D eigenvalue weighted by molar-refractivity contribution is 0.102. The lowest BCUT2D eigenvalue weighted by Gasteiger charge is -2.09. The Morgan fingerprint density at radius 1 is 1.12 bits per heavy atom. The summed E-state index contributed by atoms with van der Waals surface area (Å²) in [4.78, 5) is 21.6. The Labute approximate surface area is 152 Å². The Hall–Kier alpha value is -3.38. The molecule has 0 aliphatic carbocycles. The highest BCUT2D eigenvalue weighted by atomic mass is 32.1. The molecule has 0 atom stereocenters. The van der Waals surface area contributed by atoms with Crippen LogP contribution in [-0.2, 0) is 0 Å². The zero-order valence-corrected chi connectivity index (χ0v) is 14.5. The van der Waals surface area contributed by atoms with Crippen LogP contribution < -0.4 is 5.32 Å². The number of aromatic nitrogens is 3. The number of carbonyl (C=O) groups is 1. The lowest BCUT2D eigenvalue weighted by atomic mass is 10.1. The average molecular weight is 358 g/mol. The fraction of sp³-hybridized carbons (Fsp3) is 0. The molecule has 2 aromatic carbocycles. The third-order valence-electron chi connectivity index (χ3n) is 4.38. The van der Waals surface area contributed by atoms with Crippen LogP contribution in [0.15, 0.2) is 72.5 Å². The first-order valence-corrected chi connectivity index (χ1v) is 9.06. The molecule has 26 heavy (non-hydrogen) atoms. The number of anilines is 1. The summed E-state index contributed by atoms with van der Waals surface area (Å²) in [6.07, 6.45) is 5.70. The molecule has 0 unspecified atom stereocenters. The highest BCUT2D eigenvalue weighted by Crippen LogP contribution is 2.29. The monoisotopic (exact) mass is 358 g/mol. The Balaban J connectivity index is 1.53. The molecule has 5 nitrogen and oxygen atoms in total. The molecule has 5 aromatic rings. The molecule has 0 bridgehead atoms. The van der Waals surface area contributed by atoms with Gasteiger partial charge in [0.05, 0.1) is 16.9 Å². The summed E-state index contributed by atoms with van der Waals surface area (Å²) in [6.45, 7) is 0. The molecule has 6 heteroatoms. The molecule has 5 rings (SSSR count). The van der Waals surface area contributed by atoms with Crippen LogP contribution in [0.5, 0.6) is 0 Å². The van der Waals surface area contributed by atoms with Gasteiger partial charge in [-0.15, -0.1) is 11.3 Å². The zero-order valence-electron chi connectivity index (χ0n) is 13.6. The van der Waals surface area contributed by atoms with Gasteiger partial charge in [-0.2, -0.15) is 0 Å². The van der Waals surface area contributed by atoms with Gasteiger partial charge in [0.25, 0.3) is 5.91 Å². The minimum Gasteiger partial charge on any atom is -0.360 e. The minimum atomic E-state index is -0.143. The fourth-order valence-corrected chi connectivity index (χ4v) is 3.82. The summed E-state index contributed by atoms with van der Waals surface area (Å²) >= 11 is 1.58. The number of fused-ring (bicyclic) bond motifs is 2. The normalized spacial score (nSPS) is 11.2. The molecule has 0 fully saturated rings. The number of para-hydroxylation sites is 2. The number of hydrogen-bond acceptors (Lipinski definition) is 3. The molecule has 3 heterocycles. The van der Waals surface area contributed by atoms with Crippen molar-refractivity contribution in [2.75, 3.05) is 5.32 Å². The largest absolute Gasteiger partial charge is 0.360 e. The first-order valence-electron chi connectivity index (χ1n) is 8.19. The molecular weight excluding hydrogens is 344 g/mol. The first-order chi connectivity index (χ1) is 12.8. The van der Waals surface area contributed by atoms with Crippen molar-refractivity contribution in [3.8, 4) is 11.3 Å². The summed E-state index contributed by atoms with van der Waals surface area (Å²) < 4.78 is 1.98. The van der Waals surface area contributed by atoms with Gasteiger partial charge in [-0.1, -0.05) is 36.4 Å². The Morgan fingerprint density at radius 2 is 1.96 bits per heavy atom. The number of imidazole rings is 1. The van der Waals surface area contributed by atoms with E-state index >= 15 is 0 Å². The quantitative estimate of drug-likeness (QED) is 0.487. The Kier molecular flexibility index (Phi) is 3.36. The average Bonchev–Trinajstić information content (AvgIpc) is 3.36. The van der Waals surface area contributed by atoms with Crippen molar-refractivity contribution in [2.45, 2.75) is 0 Å². The van der Waals surface area contributed by atoms with E-state index in [1.165, 1.54) is 0 Å². The van der Waals surface area contributed by atoms with E-state index < -0.39 is 0 Å². The predicted octanol–water partition coefficient (Wildman–Crippen LogP) is 4.80. The summed E-state index contributed by atoms with van der Waals surface area (Å²) in [5.41, 5.74) is 4.05. The van der Waals surface area contributed by atoms with Crippen LogP contribution in [0.2, 0.25) is 0 Å². The molecule has 0 saturated heterocycles. The molecule has 0 spiro atoms. The lowest BCUT2D eigenvalue weighted by Crippen LogP contribution is -2.12. The second-order valence-electron chi connectivity index (χ2n) is 5.97. The van der Waals surface area contributed by atoms with Gasteiger partial charge in [-0.05, 0) is 12.1 Å². The number of benzene rings is 2. The van der Waals surface area contributed by atoms with Gasteiger partial charge < -0.3 is 10.3 Å². The second-order valence-corrected chi connectivity index (χ2v) is 6.84. The first kappa shape index (κ1) is 14.9. The third-order valence-corrected chi connectivity index (χ3v) is 5.15. The van der Waals surface area contributed by atoms with E-state index in [1.54, 1.807) is 17.5 Å². The van der Waals surface area contributed by atoms with Crippen LogP contribution >= 0.6 is 11.3 Å². The Morgan fingerprint density at radius 3 is 2.88 bits per heavy atom. The molecule has 2 N–H and O–H groups in total. The van der Waals surface area contributed by atoms with Gasteiger partial charge in [0.2, 0.25) is 0 Å². The topological polar surface area (TPSA) is 62.2 Å². The van der Waals surface area contributed by atoms with Crippen molar-refractivity contribution in [1.82, 2.24) is 14.4 Å². The molecule has 0 saturated carbocycles. The van der Waals surface area contributed by atoms with E-state index in [1.807, 2.05) is 70.7 Å². The highest BCUT2D eigenvalue weighted by Gasteiger charge is 2.15. The maximum absolute atomic E-state index is 12.8.